The van der Waals surface area contributed by atoms with Crippen LogP contribution < -0.4 is 5.32 Å². The zero-order valence-electron chi connectivity index (χ0n) is 11.3. The van der Waals surface area contributed by atoms with Crippen molar-refractivity contribution in [1.82, 2.24) is 0 Å². The molecule has 0 heterocycles. The molecular formula is C13H17NO5S. The Bertz CT molecular complexity index is 622. The molecule has 1 aromatic rings. The second-order valence-electron chi connectivity index (χ2n) is 4.58. The summed E-state index contributed by atoms with van der Waals surface area (Å²) in [5, 5.41) is 10.9. The second kappa shape index (κ2) is 6.51. The molecule has 0 aliphatic carbocycles. The first-order valence-electron chi connectivity index (χ1n) is 5.99. The molecule has 0 fully saturated rings. The molecule has 1 rings (SSSR count). The largest absolute Gasteiger partial charge is 0.481 e. The summed E-state index contributed by atoms with van der Waals surface area (Å²) in [4.78, 5) is 22.0. The van der Waals surface area contributed by atoms with E-state index in [1.165, 1.54) is 0 Å². The third-order valence-electron chi connectivity index (χ3n) is 2.77. The Morgan fingerprint density at radius 2 is 1.85 bits per heavy atom. The number of carboxylic acid groups (broad SMARTS) is 1. The summed E-state index contributed by atoms with van der Waals surface area (Å²) in [6, 6.07) is 5.26. The number of aliphatic carboxylic acids is 1. The number of benzene rings is 1. The van der Waals surface area contributed by atoms with Crippen molar-refractivity contribution in [3.05, 3.63) is 29.3 Å². The summed E-state index contributed by atoms with van der Waals surface area (Å²) in [5.74, 6) is -3.13. The zero-order valence-corrected chi connectivity index (χ0v) is 12.2. The van der Waals surface area contributed by atoms with Crippen LogP contribution in [0.2, 0.25) is 0 Å². The van der Waals surface area contributed by atoms with E-state index in [4.69, 9.17) is 5.11 Å². The van der Waals surface area contributed by atoms with Crippen LogP contribution in [0.1, 0.15) is 17.5 Å². The summed E-state index contributed by atoms with van der Waals surface area (Å²) in [6.45, 7) is 3.81. The van der Waals surface area contributed by atoms with E-state index in [0.29, 0.717) is 5.69 Å². The first kappa shape index (κ1) is 16.2. The third kappa shape index (κ3) is 5.40. The fraction of sp³-hybridized carbons (Fsp3) is 0.385. The van der Waals surface area contributed by atoms with Gasteiger partial charge in [0.1, 0.15) is 5.75 Å². The number of hydrogen-bond acceptors (Lipinski definition) is 4. The van der Waals surface area contributed by atoms with E-state index in [2.05, 4.69) is 5.32 Å². The van der Waals surface area contributed by atoms with Crippen LogP contribution in [-0.2, 0) is 19.4 Å². The lowest BCUT2D eigenvalue weighted by Crippen LogP contribution is -2.25. The number of nitrogens with one attached hydrogen (secondary N) is 1. The first-order chi connectivity index (χ1) is 9.19. The predicted octanol–water partition coefficient (Wildman–Crippen LogP) is 1.13. The van der Waals surface area contributed by atoms with Crippen LogP contribution in [0.5, 0.6) is 0 Å². The molecule has 0 saturated carbocycles. The molecule has 20 heavy (non-hydrogen) atoms. The maximum atomic E-state index is 11.6. The Kier molecular flexibility index (Phi) is 5.26. The maximum Gasteiger partial charge on any atom is 0.304 e. The highest BCUT2D eigenvalue weighted by Gasteiger charge is 2.18. The molecule has 1 amide bonds. The average Bonchev–Trinajstić information content (AvgIpc) is 2.31. The lowest BCUT2D eigenvalue weighted by molar-refractivity contribution is -0.136. The van der Waals surface area contributed by atoms with Crippen molar-refractivity contribution in [2.75, 3.05) is 16.8 Å². The van der Waals surface area contributed by atoms with Gasteiger partial charge < -0.3 is 10.4 Å². The van der Waals surface area contributed by atoms with E-state index < -0.39 is 39.6 Å². The van der Waals surface area contributed by atoms with Gasteiger partial charge in [0.25, 0.3) is 0 Å². The van der Waals surface area contributed by atoms with Gasteiger partial charge in [-0.15, -0.1) is 0 Å². The fourth-order valence-electron chi connectivity index (χ4n) is 1.53. The van der Waals surface area contributed by atoms with Gasteiger partial charge in [-0.3, -0.25) is 9.59 Å². The van der Waals surface area contributed by atoms with Crippen molar-refractivity contribution >= 4 is 27.4 Å². The molecule has 0 bridgehead atoms. The van der Waals surface area contributed by atoms with Crippen molar-refractivity contribution in [2.45, 2.75) is 20.3 Å². The second-order valence-corrected chi connectivity index (χ2v) is 6.77. The van der Waals surface area contributed by atoms with Gasteiger partial charge in [-0.05, 0) is 37.1 Å². The highest BCUT2D eigenvalue weighted by Crippen LogP contribution is 2.14. The molecule has 0 atom stereocenters. The molecule has 0 radical (unpaired) electrons. The van der Waals surface area contributed by atoms with Gasteiger partial charge in [-0.1, -0.05) is 6.07 Å². The van der Waals surface area contributed by atoms with Crippen molar-refractivity contribution < 1.29 is 23.1 Å². The number of carbonyl (C=O) groups is 2. The summed E-state index contributed by atoms with van der Waals surface area (Å²) in [7, 11) is -3.71. The number of anilines is 1. The maximum absolute atomic E-state index is 11.6. The normalized spacial score (nSPS) is 11.1. The zero-order chi connectivity index (χ0) is 15.3. The number of rotatable bonds is 6. The van der Waals surface area contributed by atoms with Crippen LogP contribution in [0.15, 0.2) is 18.2 Å². The number of sulfone groups is 1. The van der Waals surface area contributed by atoms with Crippen LogP contribution in [0.3, 0.4) is 0 Å². The van der Waals surface area contributed by atoms with E-state index in [1.54, 1.807) is 12.1 Å². The predicted molar refractivity (Wildman–Crippen MR) is 75.5 cm³/mol. The van der Waals surface area contributed by atoms with Gasteiger partial charge in [0.2, 0.25) is 5.91 Å². The topological polar surface area (TPSA) is 101 Å². The Morgan fingerprint density at radius 3 is 2.40 bits per heavy atom. The molecule has 2 N–H and O–H groups in total. The van der Waals surface area contributed by atoms with Crippen molar-refractivity contribution in [1.29, 1.82) is 0 Å². The van der Waals surface area contributed by atoms with Gasteiger partial charge in [0, 0.05) is 5.69 Å². The van der Waals surface area contributed by atoms with Crippen LogP contribution >= 0.6 is 0 Å². The Labute approximate surface area is 117 Å². The van der Waals surface area contributed by atoms with Gasteiger partial charge >= 0.3 is 5.97 Å². The molecule has 0 aromatic heterocycles. The summed E-state index contributed by atoms with van der Waals surface area (Å²) in [6.07, 6.45) is -0.501. The highest BCUT2D eigenvalue weighted by molar-refractivity contribution is 7.92. The van der Waals surface area contributed by atoms with Gasteiger partial charge in [-0.2, -0.15) is 0 Å². The van der Waals surface area contributed by atoms with E-state index in [9.17, 15) is 18.0 Å². The van der Waals surface area contributed by atoms with E-state index in [1.807, 2.05) is 19.9 Å². The lowest BCUT2D eigenvalue weighted by Gasteiger charge is -2.08. The van der Waals surface area contributed by atoms with Gasteiger partial charge in [-0.25, -0.2) is 8.42 Å². The Hall–Kier alpha value is -1.89. The van der Waals surface area contributed by atoms with E-state index in [0.717, 1.165) is 11.1 Å². The molecule has 0 saturated heterocycles. The average molecular weight is 299 g/mol. The quantitative estimate of drug-likeness (QED) is 0.820. The first-order valence-corrected chi connectivity index (χ1v) is 7.81. The third-order valence-corrected chi connectivity index (χ3v) is 4.30. The van der Waals surface area contributed by atoms with Crippen LogP contribution in [-0.4, -0.2) is 36.9 Å². The number of carbonyl (C=O) groups excluding carboxylic acids is 1. The highest BCUT2D eigenvalue weighted by atomic mass is 32.2. The molecule has 0 aliphatic heterocycles. The SMILES string of the molecule is Cc1ccc(NC(=O)CS(=O)(=O)CCC(=O)O)cc1C. The summed E-state index contributed by atoms with van der Waals surface area (Å²) < 4.78 is 23.1. The van der Waals surface area contributed by atoms with E-state index >= 15 is 0 Å². The Morgan fingerprint density at radius 1 is 1.20 bits per heavy atom. The summed E-state index contributed by atoms with van der Waals surface area (Å²) in [5.41, 5.74) is 2.57. The monoisotopic (exact) mass is 299 g/mol. The van der Waals surface area contributed by atoms with Crippen LogP contribution in [0.4, 0.5) is 5.69 Å². The van der Waals surface area contributed by atoms with Crippen molar-refractivity contribution in [3.63, 3.8) is 0 Å². The summed E-state index contributed by atoms with van der Waals surface area (Å²) >= 11 is 0. The lowest BCUT2D eigenvalue weighted by atomic mass is 10.1. The van der Waals surface area contributed by atoms with Gasteiger partial charge in [0.15, 0.2) is 9.84 Å². The molecule has 1 aromatic carbocycles. The minimum absolute atomic E-state index is 0.501. The van der Waals surface area contributed by atoms with E-state index in [-0.39, 0.29) is 0 Å². The van der Waals surface area contributed by atoms with Crippen LogP contribution in [0, 0.1) is 13.8 Å². The van der Waals surface area contributed by atoms with Crippen molar-refractivity contribution in [3.8, 4) is 0 Å². The minimum atomic E-state index is -3.71. The Balaban J connectivity index is 2.63. The van der Waals surface area contributed by atoms with Crippen LogP contribution in [0.25, 0.3) is 0 Å². The smallest absolute Gasteiger partial charge is 0.304 e. The number of hydrogen-bond donors (Lipinski definition) is 2. The molecule has 0 spiro atoms. The number of carboxylic acids is 1. The molecular weight excluding hydrogens is 282 g/mol. The standard InChI is InChI=1S/C13H17NO5S/c1-9-3-4-11(7-10(9)2)14-12(15)8-20(18,19)6-5-13(16)17/h3-4,7H,5-6,8H2,1-2H3,(H,14,15)(H,16,17). The molecule has 6 nitrogen and oxygen atoms in total. The number of amides is 1. The van der Waals surface area contributed by atoms with Crippen molar-refractivity contribution in [2.24, 2.45) is 0 Å². The molecule has 7 heteroatoms. The molecule has 110 valence electrons. The minimum Gasteiger partial charge on any atom is -0.481 e. The van der Waals surface area contributed by atoms with Gasteiger partial charge in [0.05, 0.1) is 12.2 Å². The molecule has 0 aliphatic rings. The number of aryl methyl sites for hydroxylation is 2. The molecule has 0 unspecified atom stereocenters. The fourth-order valence-corrected chi connectivity index (χ4v) is 2.63.